The van der Waals surface area contributed by atoms with Crippen molar-refractivity contribution in [1.82, 2.24) is 19.3 Å². The number of aromatic carboxylic acids is 1. The number of aryl methyl sites for hydroxylation is 1. The molecule has 8 nitrogen and oxygen atoms in total. The molecule has 0 spiro atoms. The second-order valence-electron chi connectivity index (χ2n) is 8.33. The minimum absolute atomic E-state index is 0.251. The van der Waals surface area contributed by atoms with Gasteiger partial charge in [0.05, 0.1) is 22.3 Å². The van der Waals surface area contributed by atoms with E-state index in [4.69, 9.17) is 9.40 Å². The molecule has 2 heterocycles. The summed E-state index contributed by atoms with van der Waals surface area (Å²) in [5.74, 6) is -0.626. The molecule has 0 fully saturated rings. The van der Waals surface area contributed by atoms with Crippen LogP contribution in [-0.2, 0) is 13.0 Å². The summed E-state index contributed by atoms with van der Waals surface area (Å²) in [7, 11) is 0. The van der Waals surface area contributed by atoms with Crippen molar-refractivity contribution in [2.45, 2.75) is 32.7 Å². The fourth-order valence-corrected chi connectivity index (χ4v) is 4.35. The van der Waals surface area contributed by atoms with Gasteiger partial charge in [-0.25, -0.2) is 14.6 Å². The highest BCUT2D eigenvalue weighted by molar-refractivity contribution is 6.01. The van der Waals surface area contributed by atoms with Gasteiger partial charge in [-0.05, 0) is 35.7 Å². The molecule has 8 heteroatoms. The van der Waals surface area contributed by atoms with Crippen LogP contribution in [-0.4, -0.2) is 30.4 Å². The first kappa shape index (κ1) is 22.3. The average molecular weight is 469 g/mol. The zero-order chi connectivity index (χ0) is 24.4. The number of benzene rings is 3. The van der Waals surface area contributed by atoms with Gasteiger partial charge in [-0.3, -0.25) is 0 Å². The third-order valence-electron chi connectivity index (χ3n) is 6.06. The lowest BCUT2D eigenvalue weighted by molar-refractivity contribution is 0.0698. The maximum absolute atomic E-state index is 12.0. The first-order valence-corrected chi connectivity index (χ1v) is 11.5. The zero-order valence-corrected chi connectivity index (χ0v) is 19.2. The number of para-hydroxylation sites is 2. The lowest BCUT2D eigenvalue weighted by atomic mass is 10.0. The molecule has 3 aromatic carbocycles. The number of nitrogens with zero attached hydrogens (tertiary/aromatic N) is 4. The van der Waals surface area contributed by atoms with Crippen molar-refractivity contribution in [3.63, 3.8) is 0 Å². The van der Waals surface area contributed by atoms with E-state index >= 15 is 0 Å². The molecule has 0 aliphatic heterocycles. The number of carboxylic acid groups (broad SMARTS) is 1. The van der Waals surface area contributed by atoms with Crippen LogP contribution in [0, 0.1) is 0 Å². The van der Waals surface area contributed by atoms with Gasteiger partial charge < -0.3 is 14.1 Å². The van der Waals surface area contributed by atoms with E-state index in [1.165, 1.54) is 4.68 Å². The second kappa shape index (κ2) is 9.42. The minimum atomic E-state index is -0.964. The lowest BCUT2D eigenvalue weighted by Crippen LogP contribution is -2.14. The Morgan fingerprint density at radius 1 is 1.03 bits per heavy atom. The van der Waals surface area contributed by atoms with Crippen molar-refractivity contribution in [3.8, 4) is 16.8 Å². The van der Waals surface area contributed by atoms with Crippen LogP contribution in [0.25, 0.3) is 27.8 Å². The van der Waals surface area contributed by atoms with Crippen LogP contribution in [0.2, 0.25) is 0 Å². The maximum atomic E-state index is 12.0. The number of unbranched alkanes of at least 4 members (excludes halogenated alkanes) is 1. The topological polar surface area (TPSA) is 103 Å². The third kappa shape index (κ3) is 4.26. The standard InChI is InChI=1S/C27H24N4O4/c1-2-3-11-24-29-22-9-6-8-21(26(32)33)25(22)30(24)16-18-12-14-19(15-13-18)20-7-4-5-10-23(20)31-27(34)35-17-28-31/h4-10,12-15,17H,2-3,11,16H2,1H3,(H,32,33). The smallest absolute Gasteiger partial charge is 0.441 e. The van der Waals surface area contributed by atoms with Gasteiger partial charge in [0, 0.05) is 18.5 Å². The van der Waals surface area contributed by atoms with Crippen molar-refractivity contribution in [1.29, 1.82) is 0 Å². The van der Waals surface area contributed by atoms with E-state index in [0.29, 0.717) is 23.3 Å². The van der Waals surface area contributed by atoms with Gasteiger partial charge >= 0.3 is 11.7 Å². The van der Waals surface area contributed by atoms with E-state index in [1.54, 1.807) is 12.1 Å². The predicted molar refractivity (Wildman–Crippen MR) is 132 cm³/mol. The molecule has 0 aliphatic rings. The molecule has 1 N–H and O–H groups in total. The third-order valence-corrected chi connectivity index (χ3v) is 6.06. The molecule has 0 unspecified atom stereocenters. The molecule has 5 rings (SSSR count). The molecular formula is C27H24N4O4. The number of hydrogen-bond donors (Lipinski definition) is 1. The Kier molecular flexibility index (Phi) is 6.01. The van der Waals surface area contributed by atoms with E-state index in [2.05, 4.69) is 12.0 Å². The number of aromatic nitrogens is 4. The Morgan fingerprint density at radius 3 is 2.54 bits per heavy atom. The van der Waals surface area contributed by atoms with Crippen LogP contribution in [0.4, 0.5) is 0 Å². The quantitative estimate of drug-likeness (QED) is 0.346. The van der Waals surface area contributed by atoms with Gasteiger partial charge in [0.15, 0.2) is 0 Å². The van der Waals surface area contributed by atoms with E-state index in [9.17, 15) is 14.7 Å². The molecule has 2 aromatic heterocycles. The Labute approximate surface area is 201 Å². The van der Waals surface area contributed by atoms with Crippen LogP contribution in [0.3, 0.4) is 0 Å². The van der Waals surface area contributed by atoms with Crippen LogP contribution >= 0.6 is 0 Å². The lowest BCUT2D eigenvalue weighted by Gasteiger charge is -2.12. The Hall–Kier alpha value is -4.46. The van der Waals surface area contributed by atoms with Crippen molar-refractivity contribution >= 4 is 17.0 Å². The van der Waals surface area contributed by atoms with E-state index in [1.807, 2.05) is 59.2 Å². The number of hydrogen-bond acceptors (Lipinski definition) is 5. The summed E-state index contributed by atoms with van der Waals surface area (Å²) >= 11 is 0. The number of carboxylic acids is 1. The maximum Gasteiger partial charge on any atom is 0.441 e. The molecule has 0 aliphatic carbocycles. The van der Waals surface area contributed by atoms with Gasteiger partial charge in [-0.1, -0.05) is 61.9 Å². The van der Waals surface area contributed by atoms with Gasteiger partial charge in [0.1, 0.15) is 5.82 Å². The van der Waals surface area contributed by atoms with E-state index in [-0.39, 0.29) is 5.56 Å². The second-order valence-corrected chi connectivity index (χ2v) is 8.33. The van der Waals surface area contributed by atoms with Crippen LogP contribution in [0.5, 0.6) is 0 Å². The summed E-state index contributed by atoms with van der Waals surface area (Å²) < 4.78 is 8.08. The summed E-state index contributed by atoms with van der Waals surface area (Å²) in [4.78, 5) is 28.7. The fraction of sp³-hybridized carbons (Fsp3) is 0.185. The normalized spacial score (nSPS) is 11.2. The summed E-state index contributed by atoms with van der Waals surface area (Å²) in [6.45, 7) is 2.63. The molecule has 0 atom stereocenters. The highest BCUT2D eigenvalue weighted by atomic mass is 16.4. The number of carbonyl (C=O) groups is 1. The van der Waals surface area contributed by atoms with Crippen LogP contribution in [0.15, 0.2) is 82.3 Å². The number of imidazole rings is 1. The van der Waals surface area contributed by atoms with E-state index < -0.39 is 11.7 Å². The monoisotopic (exact) mass is 468 g/mol. The molecular weight excluding hydrogens is 444 g/mol. The van der Waals surface area contributed by atoms with E-state index in [0.717, 1.165) is 48.2 Å². The summed E-state index contributed by atoms with van der Waals surface area (Å²) in [5.41, 5.74) is 5.01. The van der Waals surface area contributed by atoms with Crippen molar-refractivity contribution in [3.05, 3.63) is 101 Å². The van der Waals surface area contributed by atoms with Crippen molar-refractivity contribution in [2.24, 2.45) is 0 Å². The summed E-state index contributed by atoms with van der Waals surface area (Å²) in [5, 5.41) is 13.8. The van der Waals surface area contributed by atoms with Gasteiger partial charge in [0.25, 0.3) is 0 Å². The van der Waals surface area contributed by atoms with Crippen molar-refractivity contribution in [2.75, 3.05) is 0 Å². The van der Waals surface area contributed by atoms with Gasteiger partial charge in [-0.15, -0.1) is 5.10 Å². The average Bonchev–Trinajstić information content (AvgIpc) is 3.46. The van der Waals surface area contributed by atoms with Gasteiger partial charge in [-0.2, -0.15) is 4.68 Å². The molecule has 176 valence electrons. The van der Waals surface area contributed by atoms with Gasteiger partial charge in [0.2, 0.25) is 6.39 Å². The number of fused-ring (bicyclic) bond motifs is 1. The molecule has 0 amide bonds. The minimum Gasteiger partial charge on any atom is -0.478 e. The van der Waals surface area contributed by atoms with Crippen LogP contribution < -0.4 is 5.76 Å². The Balaban J connectivity index is 1.53. The summed E-state index contributed by atoms with van der Waals surface area (Å²) in [6, 6.07) is 20.7. The molecule has 0 saturated heterocycles. The highest BCUT2D eigenvalue weighted by Gasteiger charge is 2.18. The zero-order valence-electron chi connectivity index (χ0n) is 19.2. The largest absolute Gasteiger partial charge is 0.478 e. The molecule has 35 heavy (non-hydrogen) atoms. The van der Waals surface area contributed by atoms with Crippen molar-refractivity contribution < 1.29 is 14.3 Å². The molecule has 0 radical (unpaired) electrons. The Morgan fingerprint density at radius 2 is 1.83 bits per heavy atom. The molecule has 0 saturated carbocycles. The predicted octanol–water partition coefficient (Wildman–Crippen LogP) is 4.93. The highest BCUT2D eigenvalue weighted by Crippen LogP contribution is 2.27. The Bertz CT molecular complexity index is 1560. The SMILES string of the molecule is CCCCc1nc2cccc(C(=O)O)c2n1Cc1ccc(-c2ccccc2-n2ncoc2=O)cc1. The molecule has 0 bridgehead atoms. The fourth-order valence-electron chi connectivity index (χ4n) is 4.35. The summed E-state index contributed by atoms with van der Waals surface area (Å²) in [6.07, 6.45) is 3.90. The first-order chi connectivity index (χ1) is 17.1. The van der Waals surface area contributed by atoms with Crippen LogP contribution in [0.1, 0.15) is 41.5 Å². The number of rotatable bonds is 8. The molecule has 5 aromatic rings. The first-order valence-electron chi connectivity index (χ1n) is 11.5.